The van der Waals surface area contributed by atoms with E-state index in [4.69, 9.17) is 0 Å². The van der Waals surface area contributed by atoms with Gasteiger partial charge in [-0.2, -0.15) is 0 Å². The van der Waals surface area contributed by atoms with E-state index in [1.54, 1.807) is 4.40 Å². The molecule has 0 nitrogen and oxygen atoms in total. The fraction of sp³-hybridized carbons (Fsp3) is 0.538. The van der Waals surface area contributed by atoms with Gasteiger partial charge in [-0.25, -0.2) is 0 Å². The van der Waals surface area contributed by atoms with E-state index >= 15 is 0 Å². The van der Waals surface area contributed by atoms with Gasteiger partial charge in [0, 0.05) is 0 Å². The topological polar surface area (TPSA) is 0 Å². The molecule has 0 saturated carbocycles. The Kier molecular flexibility index (Phi) is 3.15. The van der Waals surface area contributed by atoms with Crippen molar-refractivity contribution < 1.29 is 0 Å². The second-order valence-electron chi connectivity index (χ2n) is 6.08. The minimum atomic E-state index is -1.60. The molecular weight excluding hydrogens is 229 g/mol. The second kappa shape index (κ2) is 3.73. The van der Waals surface area contributed by atoms with Gasteiger partial charge in [-0.05, 0) is 0 Å². The Balaban J connectivity index is 3.02. The van der Waals surface area contributed by atoms with Crippen LogP contribution >= 0.6 is 0 Å². The zero-order valence-corrected chi connectivity index (χ0v) is 12.4. The normalized spacial score (nSPS) is 13.0. The van der Waals surface area contributed by atoms with E-state index < -0.39 is 13.3 Å². The van der Waals surface area contributed by atoms with Gasteiger partial charge in [0.1, 0.15) is 0 Å². The summed E-state index contributed by atoms with van der Waals surface area (Å²) in [6, 6.07) is 9.26. The van der Waals surface area contributed by atoms with Crippen LogP contribution in [0.4, 0.5) is 0 Å². The van der Waals surface area contributed by atoms with E-state index in [1.165, 1.54) is 5.56 Å². The predicted octanol–water partition coefficient (Wildman–Crippen LogP) is 3.53. The van der Waals surface area contributed by atoms with Crippen molar-refractivity contribution in [2.45, 2.75) is 43.5 Å². The Morgan fingerprint density at radius 3 is 1.57 bits per heavy atom. The van der Waals surface area contributed by atoms with Gasteiger partial charge in [0.15, 0.2) is 0 Å². The van der Waals surface area contributed by atoms with Crippen LogP contribution in [0.3, 0.4) is 0 Å². The van der Waals surface area contributed by atoms with E-state index in [1.807, 2.05) is 0 Å². The molecule has 0 radical (unpaired) electrons. The van der Waals surface area contributed by atoms with Crippen LogP contribution in [0.15, 0.2) is 24.3 Å². The van der Waals surface area contributed by atoms with Gasteiger partial charge in [-0.3, -0.25) is 0 Å². The molecule has 1 aromatic carbocycles. The fourth-order valence-corrected chi connectivity index (χ4v) is 3.92. The summed E-state index contributed by atoms with van der Waals surface area (Å²) in [5.41, 5.74) is 1.72. The molecule has 0 aliphatic heterocycles. The summed E-state index contributed by atoms with van der Waals surface area (Å²) in [5, 5.41) is 0. The Morgan fingerprint density at radius 1 is 0.857 bits per heavy atom. The quantitative estimate of drug-likeness (QED) is 0.669. The number of hydrogen-bond donors (Lipinski definition) is 0. The SMILES string of the molecule is CC(C)(C)c1cc[c]([Ge]([CH3])([CH3])[CH3])cc1. The summed E-state index contributed by atoms with van der Waals surface area (Å²) >= 11 is -1.60. The molecule has 0 spiro atoms. The number of benzene rings is 1. The van der Waals surface area contributed by atoms with Crippen LogP contribution < -0.4 is 4.40 Å². The zero-order chi connectivity index (χ0) is 11.0. The van der Waals surface area contributed by atoms with Gasteiger partial charge in [0.05, 0.1) is 0 Å². The molecule has 0 amide bonds. The van der Waals surface area contributed by atoms with Crippen LogP contribution in [0.25, 0.3) is 0 Å². The monoisotopic (exact) mass is 252 g/mol. The second-order valence-corrected chi connectivity index (χ2v) is 16.7. The summed E-state index contributed by atoms with van der Waals surface area (Å²) in [6.45, 7) is 6.79. The molecule has 1 rings (SSSR count). The summed E-state index contributed by atoms with van der Waals surface area (Å²) in [5.74, 6) is 7.31. The van der Waals surface area contributed by atoms with Crippen LogP contribution in [0, 0.1) is 0 Å². The van der Waals surface area contributed by atoms with E-state index in [0.29, 0.717) is 0 Å². The molecule has 0 bridgehead atoms. The number of rotatable bonds is 1. The standard InChI is InChI=1S/C13H22Ge/c1-13(2,3)11-7-9-12(10-8-11)14(4,5)6/h7-10H,1-6H3. The molecule has 0 aromatic heterocycles. The van der Waals surface area contributed by atoms with Crippen LogP contribution in [0.1, 0.15) is 26.3 Å². The predicted molar refractivity (Wildman–Crippen MR) is 68.1 cm³/mol. The van der Waals surface area contributed by atoms with Gasteiger partial charge in [0.2, 0.25) is 0 Å². The molecule has 14 heavy (non-hydrogen) atoms. The maximum atomic E-state index is 2.44. The van der Waals surface area contributed by atoms with Crippen molar-refractivity contribution in [1.82, 2.24) is 0 Å². The minimum absolute atomic E-state index is 0.281. The van der Waals surface area contributed by atoms with Crippen molar-refractivity contribution in [3.05, 3.63) is 29.8 Å². The van der Waals surface area contributed by atoms with Crippen LogP contribution in [-0.2, 0) is 5.41 Å². The fourth-order valence-electron chi connectivity index (χ4n) is 1.47. The Labute approximate surface area is 91.1 Å². The zero-order valence-electron chi connectivity index (χ0n) is 10.3. The summed E-state index contributed by atoms with van der Waals surface area (Å²) in [6.07, 6.45) is 0. The Hall–Kier alpha value is -0.237. The first-order chi connectivity index (χ1) is 6.21. The molecule has 0 heterocycles. The molecule has 0 aliphatic carbocycles. The average molecular weight is 251 g/mol. The molecule has 0 aliphatic rings. The first-order valence-electron chi connectivity index (χ1n) is 5.32. The van der Waals surface area contributed by atoms with Gasteiger partial charge < -0.3 is 0 Å². The maximum absolute atomic E-state index is 2.44. The van der Waals surface area contributed by atoms with Crippen molar-refractivity contribution in [3.8, 4) is 0 Å². The summed E-state index contributed by atoms with van der Waals surface area (Å²) in [7, 11) is 0. The molecule has 0 unspecified atom stereocenters. The molecule has 0 atom stereocenters. The van der Waals surface area contributed by atoms with Gasteiger partial charge in [0.25, 0.3) is 0 Å². The van der Waals surface area contributed by atoms with Crippen LogP contribution in [0.2, 0.25) is 17.3 Å². The van der Waals surface area contributed by atoms with Crippen LogP contribution in [-0.4, -0.2) is 13.3 Å². The first-order valence-corrected chi connectivity index (χ1v) is 12.7. The summed E-state index contributed by atoms with van der Waals surface area (Å²) in [4.78, 5) is 0. The van der Waals surface area contributed by atoms with Crippen molar-refractivity contribution in [2.24, 2.45) is 0 Å². The van der Waals surface area contributed by atoms with Crippen molar-refractivity contribution in [3.63, 3.8) is 0 Å². The van der Waals surface area contributed by atoms with Crippen molar-refractivity contribution >= 4 is 17.7 Å². The van der Waals surface area contributed by atoms with Gasteiger partial charge >= 0.3 is 90.9 Å². The van der Waals surface area contributed by atoms with Gasteiger partial charge in [-0.15, -0.1) is 0 Å². The van der Waals surface area contributed by atoms with Crippen molar-refractivity contribution in [2.75, 3.05) is 0 Å². The van der Waals surface area contributed by atoms with E-state index in [2.05, 4.69) is 62.3 Å². The molecule has 0 N–H and O–H groups in total. The average Bonchev–Trinajstić information content (AvgIpc) is 2.01. The first kappa shape index (κ1) is 11.8. The molecule has 1 heteroatoms. The third-order valence-corrected chi connectivity index (χ3v) is 6.95. The van der Waals surface area contributed by atoms with Crippen molar-refractivity contribution in [1.29, 1.82) is 0 Å². The molecule has 1 aromatic rings. The summed E-state index contributed by atoms with van der Waals surface area (Å²) < 4.78 is 1.60. The molecule has 78 valence electrons. The molecule has 0 fully saturated rings. The number of hydrogen-bond acceptors (Lipinski definition) is 0. The molecule has 0 saturated heterocycles. The Morgan fingerprint density at radius 2 is 1.29 bits per heavy atom. The third-order valence-electron chi connectivity index (χ3n) is 2.62. The van der Waals surface area contributed by atoms with E-state index in [-0.39, 0.29) is 5.41 Å². The Bertz CT molecular complexity index is 262. The molecular formula is C13H22Ge. The van der Waals surface area contributed by atoms with E-state index in [0.717, 1.165) is 0 Å². The third kappa shape index (κ3) is 2.88. The van der Waals surface area contributed by atoms with Gasteiger partial charge in [-0.1, -0.05) is 0 Å². The van der Waals surface area contributed by atoms with E-state index in [9.17, 15) is 0 Å². The van der Waals surface area contributed by atoms with Crippen LogP contribution in [0.5, 0.6) is 0 Å².